The van der Waals surface area contributed by atoms with Crippen molar-refractivity contribution < 1.29 is 24.2 Å². The molecule has 9 heteroatoms. The molecule has 0 fully saturated rings. The zero-order valence-electron chi connectivity index (χ0n) is 14.2. The van der Waals surface area contributed by atoms with Crippen molar-refractivity contribution in [2.45, 2.75) is 6.92 Å². The first-order valence-electron chi connectivity index (χ1n) is 7.69. The van der Waals surface area contributed by atoms with Crippen molar-refractivity contribution in [1.82, 2.24) is 5.43 Å². The van der Waals surface area contributed by atoms with E-state index in [4.69, 9.17) is 9.47 Å². The Kier molecular flexibility index (Phi) is 7.81. The number of ether oxygens (including phenoxy) is 2. The van der Waals surface area contributed by atoms with Crippen molar-refractivity contribution in [1.29, 1.82) is 0 Å². The minimum absolute atomic E-state index is 0.236. The number of carboxylic acid groups (broad SMARTS) is 1. The van der Waals surface area contributed by atoms with E-state index < -0.39 is 18.5 Å². The molecule has 0 saturated heterocycles. The lowest BCUT2D eigenvalue weighted by Crippen LogP contribution is -2.29. The Bertz CT molecular complexity index is 848. The maximum atomic E-state index is 11.9. The summed E-state index contributed by atoms with van der Waals surface area (Å²) >= 11 is 6.78. The fourth-order valence-corrected chi connectivity index (χ4v) is 3.67. The van der Waals surface area contributed by atoms with Gasteiger partial charge in [-0.15, -0.1) is 0 Å². The van der Waals surface area contributed by atoms with Crippen LogP contribution < -0.4 is 20.0 Å². The first kappa shape index (κ1) is 20.9. The van der Waals surface area contributed by atoms with E-state index in [1.807, 2.05) is 19.1 Å². The van der Waals surface area contributed by atoms with Crippen LogP contribution in [-0.4, -0.2) is 31.3 Å². The molecule has 0 aliphatic carbocycles. The maximum Gasteiger partial charge on any atom is 0.277 e. The number of hydrogen-bond donors (Lipinski definition) is 1. The lowest BCUT2D eigenvalue weighted by molar-refractivity contribution is -0.307. The van der Waals surface area contributed by atoms with E-state index >= 15 is 0 Å². The van der Waals surface area contributed by atoms with E-state index in [0.717, 1.165) is 14.5 Å². The highest BCUT2D eigenvalue weighted by atomic mass is 79.9. The van der Waals surface area contributed by atoms with Crippen molar-refractivity contribution >= 4 is 50.0 Å². The Hall–Kier alpha value is -2.39. The van der Waals surface area contributed by atoms with Gasteiger partial charge >= 0.3 is 0 Å². The fourth-order valence-electron chi connectivity index (χ4n) is 2.02. The Morgan fingerprint density at radius 3 is 2.48 bits per heavy atom. The zero-order chi connectivity index (χ0) is 19.8. The van der Waals surface area contributed by atoms with E-state index in [1.165, 1.54) is 6.21 Å². The van der Waals surface area contributed by atoms with Gasteiger partial charge in [0.25, 0.3) is 5.91 Å². The predicted molar refractivity (Wildman–Crippen MR) is 105 cm³/mol. The molecule has 2 aromatic carbocycles. The smallest absolute Gasteiger partial charge is 0.277 e. The van der Waals surface area contributed by atoms with Crippen LogP contribution in [0.3, 0.4) is 0 Å². The van der Waals surface area contributed by atoms with Gasteiger partial charge in [0.2, 0.25) is 0 Å². The van der Waals surface area contributed by atoms with Crippen LogP contribution in [0.25, 0.3) is 0 Å². The number of rotatable bonds is 8. The maximum absolute atomic E-state index is 11.9. The summed E-state index contributed by atoms with van der Waals surface area (Å²) in [6, 6.07) is 10.4. The summed E-state index contributed by atoms with van der Waals surface area (Å²) in [5.41, 5.74) is 3.87. The number of halogens is 2. The minimum Gasteiger partial charge on any atom is -0.546 e. The number of carboxylic acids is 1. The molecule has 7 nitrogen and oxygen atoms in total. The number of nitrogens with one attached hydrogen (secondary N) is 1. The van der Waals surface area contributed by atoms with Gasteiger partial charge in [-0.05, 0) is 68.6 Å². The lowest BCUT2D eigenvalue weighted by atomic mass is 10.2. The minimum atomic E-state index is -1.33. The third-order valence-corrected chi connectivity index (χ3v) is 4.33. The number of carbonyl (C=O) groups is 2. The van der Waals surface area contributed by atoms with Crippen molar-refractivity contribution in [3.8, 4) is 11.5 Å². The molecule has 2 rings (SSSR count). The molecule has 1 amide bonds. The van der Waals surface area contributed by atoms with Crippen LogP contribution in [0.4, 0.5) is 0 Å². The number of amides is 1. The number of benzene rings is 2. The highest BCUT2D eigenvalue weighted by Gasteiger charge is 2.10. The molecule has 2 aromatic rings. The summed E-state index contributed by atoms with van der Waals surface area (Å²) < 4.78 is 12.0. The monoisotopic (exact) mass is 497 g/mol. The van der Waals surface area contributed by atoms with Crippen LogP contribution in [0.5, 0.6) is 11.5 Å². The Morgan fingerprint density at radius 1 is 1.15 bits per heavy atom. The van der Waals surface area contributed by atoms with Gasteiger partial charge in [0.1, 0.15) is 18.1 Å². The summed E-state index contributed by atoms with van der Waals surface area (Å²) in [5.74, 6) is -0.969. The Balaban J connectivity index is 1.92. The number of aliphatic carboxylic acids is 1. The highest BCUT2D eigenvalue weighted by molar-refractivity contribution is 9.11. The van der Waals surface area contributed by atoms with Crippen LogP contribution in [-0.2, 0) is 9.59 Å². The number of aryl methyl sites for hydroxylation is 1. The van der Waals surface area contributed by atoms with E-state index in [-0.39, 0.29) is 6.61 Å². The molecule has 0 unspecified atom stereocenters. The van der Waals surface area contributed by atoms with Gasteiger partial charge < -0.3 is 19.4 Å². The van der Waals surface area contributed by atoms with Crippen LogP contribution in [0.2, 0.25) is 0 Å². The Morgan fingerprint density at radius 2 is 1.81 bits per heavy atom. The van der Waals surface area contributed by atoms with Gasteiger partial charge in [-0.2, -0.15) is 5.10 Å². The molecule has 0 aliphatic heterocycles. The molecular weight excluding hydrogens is 484 g/mol. The number of nitrogens with zero attached hydrogens (tertiary/aromatic N) is 1. The third-order valence-electron chi connectivity index (χ3n) is 3.15. The first-order valence-corrected chi connectivity index (χ1v) is 9.27. The van der Waals surface area contributed by atoms with Crippen LogP contribution in [0.15, 0.2) is 50.4 Å². The lowest BCUT2D eigenvalue weighted by Gasteiger charge is -2.10. The standard InChI is InChI=1S/C18H16Br2N2O5/c1-11-6-13(19)18(14(20)7-11)27-9-16(23)22-21-8-12-4-2-3-5-15(12)26-10-17(24)25/h2-8H,9-10H2,1H3,(H,22,23)(H,24,25)/p-1/b21-8-. The van der Waals surface area contributed by atoms with E-state index in [9.17, 15) is 14.7 Å². The molecule has 0 aromatic heterocycles. The molecule has 0 radical (unpaired) electrons. The molecule has 0 aliphatic rings. The normalized spacial score (nSPS) is 10.6. The average Bonchev–Trinajstić information content (AvgIpc) is 2.60. The predicted octanol–water partition coefficient (Wildman–Crippen LogP) is 2.18. The second-order valence-corrected chi connectivity index (χ2v) is 7.05. The quantitative estimate of drug-likeness (QED) is 0.444. The van der Waals surface area contributed by atoms with Crippen LogP contribution >= 0.6 is 31.9 Å². The van der Waals surface area contributed by atoms with Crippen molar-refractivity contribution in [3.05, 3.63) is 56.5 Å². The summed E-state index contributed by atoms with van der Waals surface area (Å²) in [7, 11) is 0. The third kappa shape index (κ3) is 6.69. The van der Waals surface area contributed by atoms with Gasteiger partial charge in [-0.3, -0.25) is 4.79 Å². The van der Waals surface area contributed by atoms with Crippen LogP contribution in [0, 0.1) is 6.92 Å². The van der Waals surface area contributed by atoms with Crippen molar-refractivity contribution in [3.63, 3.8) is 0 Å². The molecule has 142 valence electrons. The second-order valence-electron chi connectivity index (χ2n) is 5.34. The summed E-state index contributed by atoms with van der Waals surface area (Å²) in [5, 5.41) is 14.3. The number of hydrazone groups is 1. The Labute approximate surface area is 172 Å². The number of carbonyl (C=O) groups excluding carboxylic acids is 2. The highest BCUT2D eigenvalue weighted by Crippen LogP contribution is 2.34. The average molecular weight is 499 g/mol. The van der Waals surface area contributed by atoms with E-state index in [0.29, 0.717) is 17.1 Å². The SMILES string of the molecule is Cc1cc(Br)c(OCC(=O)N/N=C\c2ccccc2OCC(=O)[O-])c(Br)c1. The fraction of sp³-hybridized carbons (Fsp3) is 0.167. The van der Waals surface area contributed by atoms with Gasteiger partial charge in [0.05, 0.1) is 21.1 Å². The van der Waals surface area contributed by atoms with E-state index in [1.54, 1.807) is 24.3 Å². The largest absolute Gasteiger partial charge is 0.546 e. The van der Waals surface area contributed by atoms with Crippen molar-refractivity contribution in [2.75, 3.05) is 13.2 Å². The van der Waals surface area contributed by atoms with Gasteiger partial charge in [0.15, 0.2) is 6.61 Å². The first-order chi connectivity index (χ1) is 12.9. The molecule has 0 saturated carbocycles. The summed E-state index contributed by atoms with van der Waals surface area (Å²) in [6.07, 6.45) is 1.35. The molecule has 0 atom stereocenters. The topological polar surface area (TPSA) is 100 Å². The van der Waals surface area contributed by atoms with Crippen molar-refractivity contribution in [2.24, 2.45) is 5.10 Å². The second kappa shape index (κ2) is 10.1. The van der Waals surface area contributed by atoms with E-state index in [2.05, 4.69) is 42.4 Å². The molecular formula is C18H15Br2N2O5-. The molecule has 1 N–H and O–H groups in total. The van der Waals surface area contributed by atoms with Crippen LogP contribution in [0.1, 0.15) is 11.1 Å². The summed E-state index contributed by atoms with van der Waals surface area (Å²) in [6.45, 7) is 1.13. The molecule has 0 spiro atoms. The van der Waals surface area contributed by atoms with Gasteiger partial charge in [-0.1, -0.05) is 12.1 Å². The number of hydrogen-bond acceptors (Lipinski definition) is 6. The number of para-hydroxylation sites is 1. The molecule has 0 bridgehead atoms. The van der Waals surface area contributed by atoms with Gasteiger partial charge in [-0.25, -0.2) is 5.43 Å². The summed E-state index contributed by atoms with van der Waals surface area (Å²) in [4.78, 5) is 22.4. The zero-order valence-corrected chi connectivity index (χ0v) is 17.4. The molecule has 27 heavy (non-hydrogen) atoms. The van der Waals surface area contributed by atoms with Gasteiger partial charge in [0, 0.05) is 5.56 Å². The molecule has 0 heterocycles.